The summed E-state index contributed by atoms with van der Waals surface area (Å²) in [5, 5.41) is 1.86. The van der Waals surface area contributed by atoms with Crippen LogP contribution in [0, 0.1) is 5.92 Å². The Kier molecular flexibility index (Phi) is 4.43. The summed E-state index contributed by atoms with van der Waals surface area (Å²) in [6.07, 6.45) is 1.18. The van der Waals surface area contributed by atoms with Gasteiger partial charge in [0.25, 0.3) is 5.91 Å². The number of rotatable bonds is 3. The molecular weight excluding hydrogens is 338 g/mol. The molecule has 3 rings (SSSR count). The van der Waals surface area contributed by atoms with Gasteiger partial charge in [-0.15, -0.1) is 11.3 Å². The molecule has 0 bridgehead atoms. The van der Waals surface area contributed by atoms with Gasteiger partial charge in [0, 0.05) is 39.3 Å². The summed E-state index contributed by atoms with van der Waals surface area (Å²) in [5.74, 6) is -0.164. The van der Waals surface area contributed by atoms with E-state index in [4.69, 9.17) is 0 Å². The smallest absolute Gasteiger partial charge is 0.263 e. The molecule has 9 heteroatoms. The van der Waals surface area contributed by atoms with Crippen LogP contribution < -0.4 is 0 Å². The minimum atomic E-state index is -3.19. The minimum Gasteiger partial charge on any atom is -0.340 e. The second-order valence-electron chi connectivity index (χ2n) is 5.87. The largest absolute Gasteiger partial charge is 0.340 e. The Bertz CT molecular complexity index is 688. The number of likely N-dealkylation sites (tertiary alicyclic amines) is 1. The van der Waals surface area contributed by atoms with Crippen molar-refractivity contribution in [3.8, 4) is 0 Å². The van der Waals surface area contributed by atoms with Gasteiger partial charge in [0.1, 0.15) is 0 Å². The Morgan fingerprint density at radius 2 is 1.78 bits per heavy atom. The molecule has 126 valence electrons. The highest BCUT2D eigenvalue weighted by molar-refractivity contribution is 7.88. The van der Waals surface area contributed by atoms with Crippen molar-refractivity contribution in [3.05, 3.63) is 22.4 Å². The summed E-state index contributed by atoms with van der Waals surface area (Å²) in [4.78, 5) is 28.6. The first-order valence-corrected chi connectivity index (χ1v) is 10.2. The summed E-state index contributed by atoms with van der Waals surface area (Å²) in [5.41, 5.74) is 0. The molecule has 2 saturated heterocycles. The van der Waals surface area contributed by atoms with Gasteiger partial charge in [0.2, 0.25) is 15.9 Å². The molecule has 0 radical (unpaired) electrons. The van der Waals surface area contributed by atoms with Gasteiger partial charge in [0.05, 0.1) is 17.1 Å². The average Bonchev–Trinajstić information content (AvgIpc) is 2.99. The number of thiophene rings is 1. The molecule has 0 atom stereocenters. The Labute approximate surface area is 139 Å². The Hall–Kier alpha value is -1.45. The highest BCUT2D eigenvalue weighted by atomic mass is 32.2. The maximum Gasteiger partial charge on any atom is 0.263 e. The molecule has 0 spiro atoms. The summed E-state index contributed by atoms with van der Waals surface area (Å²) in [7, 11) is -3.19. The first-order valence-electron chi connectivity index (χ1n) is 7.43. The molecule has 2 aliphatic rings. The van der Waals surface area contributed by atoms with Gasteiger partial charge in [0.15, 0.2) is 0 Å². The molecule has 23 heavy (non-hydrogen) atoms. The van der Waals surface area contributed by atoms with Crippen LogP contribution in [0.15, 0.2) is 17.5 Å². The third-order valence-corrected chi connectivity index (χ3v) is 6.43. The van der Waals surface area contributed by atoms with Gasteiger partial charge < -0.3 is 9.80 Å². The van der Waals surface area contributed by atoms with Crippen LogP contribution in [-0.4, -0.2) is 79.9 Å². The molecule has 0 unspecified atom stereocenters. The van der Waals surface area contributed by atoms with Crippen molar-refractivity contribution in [2.75, 3.05) is 45.5 Å². The van der Waals surface area contributed by atoms with Crippen molar-refractivity contribution >= 4 is 33.2 Å². The average molecular weight is 357 g/mol. The Morgan fingerprint density at radius 1 is 1.13 bits per heavy atom. The van der Waals surface area contributed by atoms with Gasteiger partial charge in [-0.2, -0.15) is 4.31 Å². The topological polar surface area (TPSA) is 78.0 Å². The SMILES string of the molecule is CS(=O)(=O)N1CCN(C(=O)C2CN(C(=O)c3cccs3)C2)CC1. The molecule has 2 aliphatic heterocycles. The maximum atomic E-state index is 12.4. The lowest BCUT2D eigenvalue weighted by molar-refractivity contribution is -0.141. The predicted molar refractivity (Wildman–Crippen MR) is 86.7 cm³/mol. The van der Waals surface area contributed by atoms with Crippen molar-refractivity contribution < 1.29 is 18.0 Å². The van der Waals surface area contributed by atoms with Crippen molar-refractivity contribution in [2.45, 2.75) is 0 Å². The second kappa shape index (κ2) is 6.21. The van der Waals surface area contributed by atoms with E-state index in [0.29, 0.717) is 44.1 Å². The lowest BCUT2D eigenvalue weighted by atomic mass is 9.97. The first kappa shape index (κ1) is 16.4. The van der Waals surface area contributed by atoms with E-state index in [0.717, 1.165) is 0 Å². The van der Waals surface area contributed by atoms with E-state index in [1.54, 1.807) is 15.9 Å². The minimum absolute atomic E-state index is 0.0216. The number of carbonyl (C=O) groups excluding carboxylic acids is 2. The van der Waals surface area contributed by atoms with Crippen LogP contribution in [0.4, 0.5) is 0 Å². The number of sulfonamides is 1. The standard InChI is InChI=1S/C14H19N3O4S2/c1-23(20,21)17-6-4-15(5-7-17)13(18)11-9-16(10-11)14(19)12-3-2-8-22-12/h2-3,8,11H,4-7,9-10H2,1H3. The summed E-state index contributed by atoms with van der Waals surface area (Å²) >= 11 is 1.40. The molecule has 0 aromatic carbocycles. The van der Waals surface area contributed by atoms with Crippen molar-refractivity contribution in [1.29, 1.82) is 0 Å². The fraction of sp³-hybridized carbons (Fsp3) is 0.571. The zero-order chi connectivity index (χ0) is 16.6. The summed E-state index contributed by atoms with van der Waals surface area (Å²) in [6.45, 7) is 2.41. The molecule has 2 amide bonds. The summed E-state index contributed by atoms with van der Waals surface area (Å²) in [6, 6.07) is 3.62. The van der Waals surface area contributed by atoms with Crippen LogP contribution in [0.5, 0.6) is 0 Å². The zero-order valence-electron chi connectivity index (χ0n) is 12.8. The number of carbonyl (C=O) groups is 2. The highest BCUT2D eigenvalue weighted by Crippen LogP contribution is 2.23. The van der Waals surface area contributed by atoms with Gasteiger partial charge in [-0.25, -0.2) is 8.42 Å². The fourth-order valence-corrected chi connectivity index (χ4v) is 4.37. The lowest BCUT2D eigenvalue weighted by Gasteiger charge is -2.42. The van der Waals surface area contributed by atoms with Crippen molar-refractivity contribution in [2.24, 2.45) is 5.92 Å². The number of piperazine rings is 1. The monoisotopic (exact) mass is 357 g/mol. The quantitative estimate of drug-likeness (QED) is 0.758. The predicted octanol–water partition coefficient (Wildman–Crippen LogP) is -0.0761. The van der Waals surface area contributed by atoms with Crippen LogP contribution in [0.1, 0.15) is 9.67 Å². The lowest BCUT2D eigenvalue weighted by Crippen LogP contribution is -2.59. The molecule has 1 aromatic rings. The highest BCUT2D eigenvalue weighted by Gasteiger charge is 2.39. The van der Waals surface area contributed by atoms with E-state index in [2.05, 4.69) is 0 Å². The number of hydrogen-bond acceptors (Lipinski definition) is 5. The van der Waals surface area contributed by atoms with Crippen LogP contribution in [0.2, 0.25) is 0 Å². The van der Waals surface area contributed by atoms with Gasteiger partial charge >= 0.3 is 0 Å². The van der Waals surface area contributed by atoms with Gasteiger partial charge in [-0.05, 0) is 11.4 Å². The Balaban J connectivity index is 1.49. The molecule has 1 aromatic heterocycles. The third-order valence-electron chi connectivity index (χ3n) is 4.27. The molecular formula is C14H19N3O4S2. The molecule has 0 aliphatic carbocycles. The number of hydrogen-bond donors (Lipinski definition) is 0. The fourth-order valence-electron chi connectivity index (χ4n) is 2.86. The van der Waals surface area contributed by atoms with Gasteiger partial charge in [-0.1, -0.05) is 6.07 Å². The van der Waals surface area contributed by atoms with E-state index in [1.165, 1.54) is 21.9 Å². The third kappa shape index (κ3) is 3.41. The van der Waals surface area contributed by atoms with Crippen LogP contribution in [0.25, 0.3) is 0 Å². The molecule has 3 heterocycles. The maximum absolute atomic E-state index is 12.4. The molecule has 0 saturated carbocycles. The van der Waals surface area contributed by atoms with Crippen LogP contribution in [-0.2, 0) is 14.8 Å². The normalized spacial score (nSPS) is 20.4. The van der Waals surface area contributed by atoms with E-state index in [-0.39, 0.29) is 17.7 Å². The van der Waals surface area contributed by atoms with E-state index < -0.39 is 10.0 Å². The van der Waals surface area contributed by atoms with Crippen LogP contribution >= 0.6 is 11.3 Å². The number of amides is 2. The second-order valence-corrected chi connectivity index (χ2v) is 8.80. The molecule has 7 nitrogen and oxygen atoms in total. The van der Waals surface area contributed by atoms with E-state index in [1.807, 2.05) is 11.4 Å². The molecule has 0 N–H and O–H groups in total. The number of nitrogens with zero attached hydrogens (tertiary/aromatic N) is 3. The Morgan fingerprint density at radius 3 is 2.30 bits per heavy atom. The van der Waals surface area contributed by atoms with Crippen molar-refractivity contribution in [1.82, 2.24) is 14.1 Å². The zero-order valence-corrected chi connectivity index (χ0v) is 14.5. The van der Waals surface area contributed by atoms with Crippen molar-refractivity contribution in [3.63, 3.8) is 0 Å². The first-order chi connectivity index (χ1) is 10.9. The summed E-state index contributed by atoms with van der Waals surface area (Å²) < 4.78 is 24.3. The van der Waals surface area contributed by atoms with E-state index >= 15 is 0 Å². The van der Waals surface area contributed by atoms with E-state index in [9.17, 15) is 18.0 Å². The molecule has 2 fully saturated rings. The van der Waals surface area contributed by atoms with Gasteiger partial charge in [-0.3, -0.25) is 9.59 Å². The van der Waals surface area contributed by atoms with Crippen LogP contribution in [0.3, 0.4) is 0 Å².